The first-order chi connectivity index (χ1) is 9.21. The van der Waals surface area contributed by atoms with Crippen molar-refractivity contribution < 1.29 is 13.9 Å². The molecule has 0 radical (unpaired) electrons. The van der Waals surface area contributed by atoms with Crippen LogP contribution in [0.25, 0.3) is 0 Å². The molecule has 0 amide bonds. The summed E-state index contributed by atoms with van der Waals surface area (Å²) in [5.74, 6) is 0.659. The van der Waals surface area contributed by atoms with Crippen LogP contribution >= 0.6 is 15.9 Å². The summed E-state index contributed by atoms with van der Waals surface area (Å²) in [5, 5.41) is 0.935. The maximum Gasteiger partial charge on any atom is 0.123 e. The third-order valence-electron chi connectivity index (χ3n) is 4.11. The molecule has 2 atom stereocenters. The summed E-state index contributed by atoms with van der Waals surface area (Å²) in [6.45, 7) is 1.66. The molecule has 2 aliphatic rings. The summed E-state index contributed by atoms with van der Waals surface area (Å²) in [5.41, 5.74) is 1.16. The van der Waals surface area contributed by atoms with E-state index in [0.29, 0.717) is 0 Å². The Hall–Kier alpha value is -0.610. The molecule has 2 nitrogen and oxygen atoms in total. The van der Waals surface area contributed by atoms with E-state index in [1.54, 1.807) is 12.1 Å². The van der Waals surface area contributed by atoms with Crippen molar-refractivity contribution >= 4 is 15.9 Å². The number of alkyl halides is 1. The Kier molecular flexibility index (Phi) is 3.81. The van der Waals surface area contributed by atoms with E-state index in [4.69, 9.17) is 9.47 Å². The van der Waals surface area contributed by atoms with Crippen LogP contribution in [0.1, 0.15) is 24.8 Å². The zero-order valence-electron chi connectivity index (χ0n) is 10.8. The molecule has 3 rings (SSSR count). The Bertz CT molecular complexity index is 457. The van der Waals surface area contributed by atoms with Crippen molar-refractivity contribution in [1.29, 1.82) is 0 Å². The smallest absolute Gasteiger partial charge is 0.123 e. The Morgan fingerprint density at radius 3 is 3.05 bits per heavy atom. The van der Waals surface area contributed by atoms with Gasteiger partial charge in [0.15, 0.2) is 0 Å². The van der Waals surface area contributed by atoms with E-state index in [-0.39, 0.29) is 17.3 Å². The molecular weight excluding hydrogens is 311 g/mol. The van der Waals surface area contributed by atoms with Crippen LogP contribution in [-0.4, -0.2) is 24.6 Å². The standard InChI is InChI=1S/C15H18BrFO2/c16-9-15(4-1-5-18-10-15)8-13-7-11-6-12(17)2-3-14(11)19-13/h2-3,6,13H,1,4-5,7-10H2. The number of ether oxygens (including phenoxy) is 2. The van der Waals surface area contributed by atoms with Crippen molar-refractivity contribution in [3.05, 3.63) is 29.6 Å². The van der Waals surface area contributed by atoms with E-state index in [0.717, 1.165) is 49.1 Å². The van der Waals surface area contributed by atoms with Crippen LogP contribution in [0, 0.1) is 11.2 Å². The first-order valence-electron chi connectivity index (χ1n) is 6.80. The Morgan fingerprint density at radius 2 is 2.32 bits per heavy atom. The van der Waals surface area contributed by atoms with E-state index in [2.05, 4.69) is 15.9 Å². The molecule has 0 aromatic heterocycles. The van der Waals surface area contributed by atoms with E-state index in [1.165, 1.54) is 12.5 Å². The Balaban J connectivity index is 1.69. The highest BCUT2D eigenvalue weighted by Crippen LogP contribution is 2.40. The van der Waals surface area contributed by atoms with E-state index < -0.39 is 0 Å². The fourth-order valence-electron chi connectivity index (χ4n) is 3.12. The van der Waals surface area contributed by atoms with Gasteiger partial charge in [-0.15, -0.1) is 0 Å². The molecule has 2 unspecified atom stereocenters. The van der Waals surface area contributed by atoms with E-state index in [9.17, 15) is 4.39 Å². The number of rotatable bonds is 3. The lowest BCUT2D eigenvalue weighted by Crippen LogP contribution is -2.38. The summed E-state index contributed by atoms with van der Waals surface area (Å²) < 4.78 is 24.8. The largest absolute Gasteiger partial charge is 0.490 e. The molecule has 0 aliphatic carbocycles. The van der Waals surface area contributed by atoms with E-state index in [1.807, 2.05) is 0 Å². The molecule has 2 aliphatic heterocycles. The van der Waals surface area contributed by atoms with Crippen molar-refractivity contribution in [2.24, 2.45) is 5.41 Å². The van der Waals surface area contributed by atoms with Crippen molar-refractivity contribution in [2.45, 2.75) is 31.8 Å². The number of hydrogen-bond donors (Lipinski definition) is 0. The monoisotopic (exact) mass is 328 g/mol. The van der Waals surface area contributed by atoms with Gasteiger partial charge in [0.25, 0.3) is 0 Å². The molecule has 1 saturated heterocycles. The lowest BCUT2D eigenvalue weighted by atomic mass is 9.79. The van der Waals surface area contributed by atoms with Crippen molar-refractivity contribution in [1.82, 2.24) is 0 Å². The lowest BCUT2D eigenvalue weighted by Gasteiger charge is -2.37. The van der Waals surface area contributed by atoms with Gasteiger partial charge >= 0.3 is 0 Å². The molecule has 1 fully saturated rings. The van der Waals surface area contributed by atoms with Crippen LogP contribution in [0.2, 0.25) is 0 Å². The SMILES string of the molecule is Fc1ccc2c(c1)CC(CC1(CBr)CCCOC1)O2. The molecule has 1 aromatic carbocycles. The van der Waals surface area contributed by atoms with Crippen LogP contribution in [0.3, 0.4) is 0 Å². The van der Waals surface area contributed by atoms with Crippen LogP contribution in [-0.2, 0) is 11.2 Å². The summed E-state index contributed by atoms with van der Waals surface area (Å²) in [7, 11) is 0. The molecule has 0 spiro atoms. The first kappa shape index (κ1) is 13.4. The predicted octanol–water partition coefficient (Wildman–Crippen LogP) is 3.71. The minimum absolute atomic E-state index is 0.149. The molecule has 104 valence electrons. The normalized spacial score (nSPS) is 29.9. The summed E-state index contributed by atoms with van der Waals surface area (Å²) in [6.07, 6.45) is 4.20. The Labute approximate surface area is 121 Å². The number of benzene rings is 1. The van der Waals surface area contributed by atoms with Gasteiger partial charge in [0, 0.05) is 29.3 Å². The second kappa shape index (κ2) is 5.41. The minimum atomic E-state index is -0.181. The van der Waals surface area contributed by atoms with Gasteiger partial charge in [0.05, 0.1) is 6.61 Å². The minimum Gasteiger partial charge on any atom is -0.490 e. The van der Waals surface area contributed by atoms with E-state index >= 15 is 0 Å². The molecule has 0 N–H and O–H groups in total. The molecule has 1 aromatic rings. The van der Waals surface area contributed by atoms with Crippen LogP contribution in [0.5, 0.6) is 5.75 Å². The molecule has 0 bridgehead atoms. The summed E-state index contributed by atoms with van der Waals surface area (Å²) in [6, 6.07) is 4.79. The fraction of sp³-hybridized carbons (Fsp3) is 0.600. The van der Waals surface area contributed by atoms with Gasteiger partial charge in [-0.1, -0.05) is 15.9 Å². The Morgan fingerprint density at radius 1 is 1.42 bits per heavy atom. The molecule has 2 heterocycles. The van der Waals surface area contributed by atoms with Crippen molar-refractivity contribution in [2.75, 3.05) is 18.5 Å². The third-order valence-corrected chi connectivity index (χ3v) is 5.30. The van der Waals surface area contributed by atoms with Crippen molar-refractivity contribution in [3.8, 4) is 5.75 Å². The van der Waals surface area contributed by atoms with Gasteiger partial charge in [-0.2, -0.15) is 0 Å². The highest BCUT2D eigenvalue weighted by Gasteiger charge is 2.37. The topological polar surface area (TPSA) is 18.5 Å². The number of fused-ring (bicyclic) bond motifs is 1. The predicted molar refractivity (Wildman–Crippen MR) is 75.4 cm³/mol. The van der Waals surface area contributed by atoms with Gasteiger partial charge in [-0.05, 0) is 37.5 Å². The maximum atomic E-state index is 13.2. The molecular formula is C15H18BrFO2. The molecule has 4 heteroatoms. The van der Waals surface area contributed by atoms with Crippen LogP contribution < -0.4 is 4.74 Å². The van der Waals surface area contributed by atoms with Crippen LogP contribution in [0.15, 0.2) is 18.2 Å². The molecule has 0 saturated carbocycles. The quantitative estimate of drug-likeness (QED) is 0.787. The van der Waals surface area contributed by atoms with Gasteiger partial charge in [-0.25, -0.2) is 4.39 Å². The van der Waals surface area contributed by atoms with Gasteiger partial charge in [-0.3, -0.25) is 0 Å². The van der Waals surface area contributed by atoms with Crippen LogP contribution in [0.4, 0.5) is 4.39 Å². The summed E-state index contributed by atoms with van der Waals surface area (Å²) >= 11 is 3.63. The molecule has 19 heavy (non-hydrogen) atoms. The zero-order valence-corrected chi connectivity index (χ0v) is 12.4. The summed E-state index contributed by atoms with van der Waals surface area (Å²) in [4.78, 5) is 0. The van der Waals surface area contributed by atoms with Crippen molar-refractivity contribution in [3.63, 3.8) is 0 Å². The second-order valence-electron chi connectivity index (χ2n) is 5.69. The lowest BCUT2D eigenvalue weighted by molar-refractivity contribution is -0.0146. The number of halogens is 2. The first-order valence-corrected chi connectivity index (χ1v) is 7.92. The average molecular weight is 329 g/mol. The van der Waals surface area contributed by atoms with Gasteiger partial charge in [0.2, 0.25) is 0 Å². The number of hydrogen-bond acceptors (Lipinski definition) is 2. The second-order valence-corrected chi connectivity index (χ2v) is 6.25. The highest BCUT2D eigenvalue weighted by atomic mass is 79.9. The third kappa shape index (κ3) is 2.79. The maximum absolute atomic E-state index is 13.2. The van der Waals surface area contributed by atoms with Gasteiger partial charge < -0.3 is 9.47 Å². The average Bonchev–Trinajstić information content (AvgIpc) is 2.81. The van der Waals surface area contributed by atoms with Gasteiger partial charge in [0.1, 0.15) is 17.7 Å². The highest BCUT2D eigenvalue weighted by molar-refractivity contribution is 9.09. The fourth-order valence-corrected chi connectivity index (χ4v) is 3.79. The zero-order chi connectivity index (χ0) is 13.3.